The highest BCUT2D eigenvalue weighted by atomic mass is 32.2. The molecule has 202 valence electrons. The van der Waals surface area contributed by atoms with Gasteiger partial charge >= 0.3 is 16.3 Å². The summed E-state index contributed by atoms with van der Waals surface area (Å²) in [7, 11) is -4.15. The average molecular weight is 578 g/mol. The third kappa shape index (κ3) is 5.71. The van der Waals surface area contributed by atoms with Crippen molar-refractivity contribution in [1.29, 1.82) is 0 Å². The lowest BCUT2D eigenvalue weighted by Gasteiger charge is -2.18. The monoisotopic (exact) mass is 577 g/mol. The predicted molar refractivity (Wildman–Crippen MR) is 153 cm³/mol. The fourth-order valence-electron chi connectivity index (χ4n) is 4.19. The molecule has 0 saturated carbocycles. The number of nitrogens with two attached hydrogens (primary N) is 1. The summed E-state index contributed by atoms with van der Waals surface area (Å²) < 4.78 is 32.5. The first-order valence-electron chi connectivity index (χ1n) is 11.4. The number of thiocarbonyl (C=S) groups is 1. The zero-order chi connectivity index (χ0) is 28.6. The summed E-state index contributed by atoms with van der Waals surface area (Å²) in [5.74, 6) is -0.997. The fraction of sp³-hybridized carbons (Fsp3) is 0. The van der Waals surface area contributed by atoms with Crippen LogP contribution in [0.2, 0.25) is 0 Å². The number of fused-ring (bicyclic) bond motifs is 2. The van der Waals surface area contributed by atoms with Crippen LogP contribution in [-0.2, 0) is 10.3 Å². The number of carbonyl (C=O) groups is 1. The third-order valence-electron chi connectivity index (χ3n) is 5.78. The zero-order valence-corrected chi connectivity index (χ0v) is 21.9. The molecule has 0 atom stereocenters. The summed E-state index contributed by atoms with van der Waals surface area (Å²) in [6, 6.07) is 19.2. The van der Waals surface area contributed by atoms with E-state index in [-0.39, 0.29) is 38.9 Å². The van der Waals surface area contributed by atoms with Crippen LogP contribution in [0.5, 0.6) is 11.5 Å². The van der Waals surface area contributed by atoms with Gasteiger partial charge in [-0.05, 0) is 78.4 Å². The second-order valence-electron chi connectivity index (χ2n) is 8.56. The van der Waals surface area contributed by atoms with Crippen LogP contribution in [0, 0.1) is 0 Å². The van der Waals surface area contributed by atoms with Gasteiger partial charge in [0, 0.05) is 40.0 Å². The SMILES string of the molecule is NS(=O)(=O)Oc1ccc(NC(=S)Nc2ccc(-c3c4ccc(=O)cc-4oc4cc(O)ccc34)c(C(=O)O)c2)cc1. The van der Waals surface area contributed by atoms with Gasteiger partial charge in [-0.15, -0.1) is 0 Å². The minimum Gasteiger partial charge on any atom is -0.508 e. The number of anilines is 2. The van der Waals surface area contributed by atoms with Crippen LogP contribution in [0.3, 0.4) is 0 Å². The molecule has 6 N–H and O–H groups in total. The molecule has 3 aromatic carbocycles. The van der Waals surface area contributed by atoms with Gasteiger partial charge in [-0.3, -0.25) is 4.79 Å². The lowest BCUT2D eigenvalue weighted by molar-refractivity contribution is 0.0697. The van der Waals surface area contributed by atoms with E-state index in [1.54, 1.807) is 24.3 Å². The summed E-state index contributed by atoms with van der Waals surface area (Å²) in [5.41, 5.74) is 2.21. The van der Waals surface area contributed by atoms with E-state index in [9.17, 15) is 28.2 Å². The van der Waals surface area contributed by atoms with Crippen molar-refractivity contribution >= 4 is 55.9 Å². The summed E-state index contributed by atoms with van der Waals surface area (Å²) in [6.45, 7) is 0. The van der Waals surface area contributed by atoms with E-state index in [4.69, 9.17) is 21.8 Å². The smallest absolute Gasteiger partial charge is 0.380 e. The number of hydrogen-bond donors (Lipinski definition) is 5. The number of benzene rings is 4. The molecule has 0 aromatic heterocycles. The molecule has 0 spiro atoms. The second-order valence-corrected chi connectivity index (χ2v) is 10.1. The van der Waals surface area contributed by atoms with Crippen LogP contribution < -0.4 is 25.4 Å². The molecular weight excluding hydrogens is 558 g/mol. The van der Waals surface area contributed by atoms with Crippen LogP contribution in [0.4, 0.5) is 11.4 Å². The van der Waals surface area contributed by atoms with Crippen molar-refractivity contribution in [3.05, 3.63) is 94.6 Å². The van der Waals surface area contributed by atoms with Gasteiger partial charge in [0.15, 0.2) is 10.5 Å². The van der Waals surface area contributed by atoms with Crippen molar-refractivity contribution in [2.75, 3.05) is 10.6 Å². The Hall–Kier alpha value is -4.98. The van der Waals surface area contributed by atoms with E-state index in [1.807, 2.05) is 0 Å². The van der Waals surface area contributed by atoms with Gasteiger partial charge in [0.1, 0.15) is 22.8 Å². The molecule has 1 aliphatic carbocycles. The number of aromatic hydroxyl groups is 1. The van der Waals surface area contributed by atoms with Crippen molar-refractivity contribution in [2.45, 2.75) is 0 Å². The highest BCUT2D eigenvalue weighted by molar-refractivity contribution is 7.84. The number of hydrogen-bond acceptors (Lipinski definition) is 8. The lowest BCUT2D eigenvalue weighted by Crippen LogP contribution is -2.20. The number of aromatic carboxylic acids is 1. The summed E-state index contributed by atoms with van der Waals surface area (Å²) >= 11 is 5.34. The molecule has 11 nitrogen and oxygen atoms in total. The van der Waals surface area contributed by atoms with Crippen molar-refractivity contribution in [3.8, 4) is 33.9 Å². The van der Waals surface area contributed by atoms with Crippen molar-refractivity contribution in [2.24, 2.45) is 5.14 Å². The maximum absolute atomic E-state index is 12.4. The molecule has 5 rings (SSSR count). The standard InChI is InChI=1S/C27H19N3O8S2/c28-40(35,36)38-18-6-1-14(2-7-18)29-27(39)30-15-3-8-19(22(11-15)26(33)34)25-20-9-4-16(31)12-23(20)37-24-13-17(32)5-10-21(24)25/h1-13,31H,(H,33,34)(H2,28,35,36)(H2,29,30,39). The number of rotatable bonds is 6. The number of carboxylic acid groups (broad SMARTS) is 1. The van der Waals surface area contributed by atoms with Gasteiger partial charge < -0.3 is 29.4 Å². The molecule has 1 aliphatic heterocycles. The van der Waals surface area contributed by atoms with E-state index in [2.05, 4.69) is 14.8 Å². The topological polar surface area (TPSA) is 181 Å². The number of nitrogens with one attached hydrogen (secondary N) is 2. The highest BCUT2D eigenvalue weighted by Crippen LogP contribution is 2.42. The van der Waals surface area contributed by atoms with Crippen LogP contribution in [0.15, 0.2) is 88.1 Å². The van der Waals surface area contributed by atoms with Crippen molar-refractivity contribution in [3.63, 3.8) is 0 Å². The van der Waals surface area contributed by atoms with Crippen LogP contribution in [-0.4, -0.2) is 29.7 Å². The van der Waals surface area contributed by atoms with E-state index < -0.39 is 16.3 Å². The minimum absolute atomic E-state index is 0.0177. The molecule has 0 saturated heterocycles. The average Bonchev–Trinajstić information content (AvgIpc) is 2.87. The first kappa shape index (κ1) is 26.6. The minimum atomic E-state index is -4.15. The van der Waals surface area contributed by atoms with Gasteiger partial charge in [-0.2, -0.15) is 13.6 Å². The molecule has 1 heterocycles. The Labute approximate surface area is 232 Å². The Bertz CT molecular complexity index is 1940. The molecule has 0 unspecified atom stereocenters. The fourth-order valence-corrected chi connectivity index (χ4v) is 4.80. The first-order valence-corrected chi connectivity index (χ1v) is 13.3. The van der Waals surface area contributed by atoms with Crippen molar-refractivity contribution in [1.82, 2.24) is 0 Å². The lowest BCUT2D eigenvalue weighted by atomic mass is 9.90. The molecule has 0 bridgehead atoms. The largest absolute Gasteiger partial charge is 0.508 e. The number of phenols is 1. The Morgan fingerprint density at radius 3 is 2.27 bits per heavy atom. The maximum Gasteiger partial charge on any atom is 0.380 e. The van der Waals surface area contributed by atoms with Gasteiger partial charge in [0.25, 0.3) is 0 Å². The quantitative estimate of drug-likeness (QED) is 0.143. The Balaban J connectivity index is 1.49. The third-order valence-corrected chi connectivity index (χ3v) is 6.41. The summed E-state index contributed by atoms with van der Waals surface area (Å²) in [6.07, 6.45) is 0. The number of phenolic OH excluding ortho intramolecular Hbond substituents is 1. The molecule has 3 aromatic rings. The second kappa shape index (κ2) is 10.3. The normalized spacial score (nSPS) is 11.3. The van der Waals surface area contributed by atoms with E-state index >= 15 is 0 Å². The Kier molecular flexibility index (Phi) is 6.85. The molecule has 40 heavy (non-hydrogen) atoms. The van der Waals surface area contributed by atoms with E-state index in [0.717, 1.165) is 0 Å². The molecule has 2 aliphatic rings. The van der Waals surface area contributed by atoms with Crippen molar-refractivity contribution < 1.29 is 32.0 Å². The van der Waals surface area contributed by atoms with Crippen LogP contribution in [0.25, 0.3) is 33.4 Å². The van der Waals surface area contributed by atoms with Crippen LogP contribution in [0.1, 0.15) is 10.4 Å². The Morgan fingerprint density at radius 2 is 1.57 bits per heavy atom. The first-order chi connectivity index (χ1) is 19.0. The highest BCUT2D eigenvalue weighted by Gasteiger charge is 2.22. The number of carboxylic acids is 1. The van der Waals surface area contributed by atoms with Gasteiger partial charge in [0.2, 0.25) is 0 Å². The van der Waals surface area contributed by atoms with Gasteiger partial charge in [0.05, 0.1) is 5.56 Å². The zero-order valence-electron chi connectivity index (χ0n) is 20.2. The van der Waals surface area contributed by atoms with Crippen LogP contribution >= 0.6 is 12.2 Å². The molecule has 13 heteroatoms. The maximum atomic E-state index is 12.4. The van der Waals surface area contributed by atoms with E-state index in [1.165, 1.54) is 54.6 Å². The van der Waals surface area contributed by atoms with Gasteiger partial charge in [-0.25, -0.2) is 4.79 Å². The molecule has 0 amide bonds. The van der Waals surface area contributed by atoms with E-state index in [0.29, 0.717) is 33.5 Å². The molecule has 0 radical (unpaired) electrons. The molecular formula is C27H19N3O8S2. The predicted octanol–water partition coefficient (Wildman–Crippen LogP) is 4.36. The van der Waals surface area contributed by atoms with Gasteiger partial charge in [-0.1, -0.05) is 6.07 Å². The summed E-state index contributed by atoms with van der Waals surface area (Å²) in [5, 5.41) is 31.4. The Morgan fingerprint density at radius 1 is 0.900 bits per heavy atom. The summed E-state index contributed by atoms with van der Waals surface area (Å²) in [4.78, 5) is 24.4. The molecule has 0 fully saturated rings.